The Balaban J connectivity index is 1.80. The van der Waals surface area contributed by atoms with Gasteiger partial charge in [-0.05, 0) is 39.3 Å². The molecule has 0 aliphatic rings. The van der Waals surface area contributed by atoms with E-state index in [1.54, 1.807) is 18.2 Å². The maximum absolute atomic E-state index is 12.6. The Labute approximate surface area is 169 Å². The molecule has 0 atom stereocenters. The van der Waals surface area contributed by atoms with Gasteiger partial charge in [0.25, 0.3) is 0 Å². The van der Waals surface area contributed by atoms with Gasteiger partial charge in [0.05, 0.1) is 41.3 Å². The summed E-state index contributed by atoms with van der Waals surface area (Å²) in [6.45, 7) is 8.30. The van der Waals surface area contributed by atoms with E-state index in [1.807, 2.05) is 44.1 Å². The molecule has 0 fully saturated rings. The molecule has 0 aliphatic carbocycles. The van der Waals surface area contributed by atoms with Crippen LogP contribution in [0.3, 0.4) is 0 Å². The highest BCUT2D eigenvalue weighted by Crippen LogP contribution is 2.23. The summed E-state index contributed by atoms with van der Waals surface area (Å²) in [4.78, 5) is 23.9. The van der Waals surface area contributed by atoms with Crippen molar-refractivity contribution < 1.29 is 14.7 Å². The first-order valence-electron chi connectivity index (χ1n) is 9.33. The maximum atomic E-state index is 12.6. The number of carbonyl (C=O) groups excluding carboxylic acids is 1. The fourth-order valence-electron chi connectivity index (χ4n) is 3.47. The summed E-state index contributed by atoms with van der Waals surface area (Å²) in [5.41, 5.74) is 5.94. The van der Waals surface area contributed by atoms with Crippen LogP contribution in [0.15, 0.2) is 24.3 Å². The Kier molecular flexibility index (Phi) is 5.54. The van der Waals surface area contributed by atoms with Gasteiger partial charge < -0.3 is 10.4 Å². The number of aromatic carboxylic acids is 1. The van der Waals surface area contributed by atoms with Crippen LogP contribution >= 0.6 is 0 Å². The molecule has 0 saturated heterocycles. The molecule has 1 aromatic carbocycles. The van der Waals surface area contributed by atoms with Crippen LogP contribution in [-0.4, -0.2) is 36.5 Å². The number of rotatable bonds is 6. The number of carbonyl (C=O) groups is 2. The third-order valence-electron chi connectivity index (χ3n) is 5.21. The Morgan fingerprint density at radius 3 is 2.34 bits per heavy atom. The molecule has 1 amide bonds. The van der Waals surface area contributed by atoms with Crippen molar-refractivity contribution in [3.05, 3.63) is 63.7 Å². The zero-order chi connectivity index (χ0) is 21.3. The summed E-state index contributed by atoms with van der Waals surface area (Å²) in [7, 11) is 1.91. The lowest BCUT2D eigenvalue weighted by molar-refractivity contribution is -0.115. The molecular weight excluding hydrogens is 370 g/mol. The van der Waals surface area contributed by atoms with E-state index in [-0.39, 0.29) is 17.9 Å². The highest BCUT2D eigenvalue weighted by Gasteiger charge is 2.18. The van der Waals surface area contributed by atoms with Crippen molar-refractivity contribution in [2.45, 2.75) is 40.7 Å². The molecule has 0 unspecified atom stereocenters. The number of aryl methyl sites for hydroxylation is 3. The highest BCUT2D eigenvalue weighted by molar-refractivity contribution is 5.96. The normalized spacial score (nSPS) is 10.9. The van der Waals surface area contributed by atoms with Crippen LogP contribution in [0.2, 0.25) is 0 Å². The quantitative estimate of drug-likeness (QED) is 0.668. The molecule has 3 rings (SSSR count). The number of benzene rings is 1. The number of nitrogens with zero attached hydrogens (tertiary/aromatic N) is 4. The number of aromatic nitrogens is 4. The average molecular weight is 395 g/mol. The Morgan fingerprint density at radius 1 is 1.03 bits per heavy atom. The van der Waals surface area contributed by atoms with E-state index in [0.29, 0.717) is 23.5 Å². The van der Waals surface area contributed by atoms with E-state index in [2.05, 4.69) is 15.5 Å². The van der Waals surface area contributed by atoms with Crippen LogP contribution in [0.5, 0.6) is 0 Å². The van der Waals surface area contributed by atoms with Crippen LogP contribution in [0.1, 0.15) is 44.3 Å². The smallest absolute Gasteiger partial charge is 0.335 e. The molecule has 2 heterocycles. The predicted octanol–water partition coefficient (Wildman–Crippen LogP) is 2.78. The third-order valence-corrected chi connectivity index (χ3v) is 5.21. The molecule has 0 bridgehead atoms. The van der Waals surface area contributed by atoms with Gasteiger partial charge in [0.2, 0.25) is 5.91 Å². The first-order chi connectivity index (χ1) is 13.7. The van der Waals surface area contributed by atoms with Gasteiger partial charge in [-0.3, -0.25) is 14.2 Å². The van der Waals surface area contributed by atoms with E-state index in [0.717, 1.165) is 22.6 Å². The van der Waals surface area contributed by atoms with Gasteiger partial charge in [-0.2, -0.15) is 10.2 Å². The van der Waals surface area contributed by atoms with Crippen LogP contribution in [0.4, 0.5) is 5.69 Å². The van der Waals surface area contributed by atoms with E-state index in [9.17, 15) is 14.7 Å². The number of nitrogens with one attached hydrogen (secondary N) is 1. The Bertz CT molecular complexity index is 1090. The molecule has 0 aliphatic heterocycles. The second-order valence-electron chi connectivity index (χ2n) is 7.16. The van der Waals surface area contributed by atoms with Crippen LogP contribution in [-0.2, 0) is 24.8 Å². The fraction of sp³-hybridized carbons (Fsp3) is 0.333. The number of amides is 1. The van der Waals surface area contributed by atoms with Gasteiger partial charge in [-0.15, -0.1) is 0 Å². The standard InChI is InChI=1S/C21H25N5O3/c1-12-18(14(3)25(5)23-12)11-26-15(4)20(13(2)24-26)22-19(27)10-16-8-6-7-9-17(16)21(28)29/h6-9H,10-11H2,1-5H3,(H,22,27)(H,28,29). The first kappa shape index (κ1) is 20.3. The van der Waals surface area contributed by atoms with E-state index >= 15 is 0 Å². The molecule has 8 heteroatoms. The minimum absolute atomic E-state index is 0.0205. The molecule has 2 N–H and O–H groups in total. The molecule has 2 aromatic heterocycles. The van der Waals surface area contributed by atoms with Gasteiger partial charge in [0.15, 0.2) is 0 Å². The molecule has 0 radical (unpaired) electrons. The SMILES string of the molecule is Cc1nn(C)c(C)c1Cn1nc(C)c(NC(=O)Cc2ccccc2C(=O)O)c1C. The van der Waals surface area contributed by atoms with Gasteiger partial charge in [-0.1, -0.05) is 18.2 Å². The van der Waals surface area contributed by atoms with Crippen molar-refractivity contribution >= 4 is 17.6 Å². The number of anilines is 1. The lowest BCUT2D eigenvalue weighted by Gasteiger charge is -2.09. The Morgan fingerprint density at radius 2 is 1.72 bits per heavy atom. The molecule has 3 aromatic rings. The highest BCUT2D eigenvalue weighted by atomic mass is 16.4. The summed E-state index contributed by atoms with van der Waals surface area (Å²) in [5, 5.41) is 21.2. The lowest BCUT2D eigenvalue weighted by atomic mass is 10.0. The van der Waals surface area contributed by atoms with Crippen molar-refractivity contribution in [2.75, 3.05) is 5.32 Å². The third kappa shape index (κ3) is 4.06. The summed E-state index contributed by atoms with van der Waals surface area (Å²) in [6, 6.07) is 6.52. The summed E-state index contributed by atoms with van der Waals surface area (Å²) in [6.07, 6.45) is -0.0205. The van der Waals surface area contributed by atoms with Crippen molar-refractivity contribution in [3.8, 4) is 0 Å². The molecule has 8 nitrogen and oxygen atoms in total. The van der Waals surface area contributed by atoms with Gasteiger partial charge in [0.1, 0.15) is 0 Å². The van der Waals surface area contributed by atoms with E-state index in [1.165, 1.54) is 6.07 Å². The van der Waals surface area contributed by atoms with E-state index < -0.39 is 5.97 Å². The largest absolute Gasteiger partial charge is 0.478 e. The zero-order valence-electron chi connectivity index (χ0n) is 17.3. The second-order valence-corrected chi connectivity index (χ2v) is 7.16. The summed E-state index contributed by atoms with van der Waals surface area (Å²) >= 11 is 0. The summed E-state index contributed by atoms with van der Waals surface area (Å²) < 4.78 is 3.70. The van der Waals surface area contributed by atoms with Crippen LogP contribution < -0.4 is 5.32 Å². The second kappa shape index (κ2) is 7.90. The number of hydrogen-bond acceptors (Lipinski definition) is 4. The minimum atomic E-state index is -1.05. The summed E-state index contributed by atoms with van der Waals surface area (Å²) in [5.74, 6) is -1.33. The molecular formula is C21H25N5O3. The van der Waals surface area contributed by atoms with Gasteiger partial charge in [-0.25, -0.2) is 4.79 Å². The monoisotopic (exact) mass is 395 g/mol. The number of carboxylic acid groups (broad SMARTS) is 1. The first-order valence-corrected chi connectivity index (χ1v) is 9.33. The molecule has 0 saturated carbocycles. The lowest BCUT2D eigenvalue weighted by Crippen LogP contribution is -2.17. The van der Waals surface area contributed by atoms with Crippen molar-refractivity contribution in [3.63, 3.8) is 0 Å². The van der Waals surface area contributed by atoms with Crippen molar-refractivity contribution in [2.24, 2.45) is 7.05 Å². The van der Waals surface area contributed by atoms with Crippen molar-refractivity contribution in [1.82, 2.24) is 19.6 Å². The molecule has 0 spiro atoms. The topological polar surface area (TPSA) is 102 Å². The van der Waals surface area contributed by atoms with Gasteiger partial charge in [0, 0.05) is 18.3 Å². The van der Waals surface area contributed by atoms with Gasteiger partial charge >= 0.3 is 5.97 Å². The maximum Gasteiger partial charge on any atom is 0.335 e. The number of hydrogen-bond donors (Lipinski definition) is 2. The Hall–Kier alpha value is -3.42. The van der Waals surface area contributed by atoms with E-state index in [4.69, 9.17) is 0 Å². The minimum Gasteiger partial charge on any atom is -0.478 e. The fourth-order valence-corrected chi connectivity index (χ4v) is 3.47. The van der Waals surface area contributed by atoms with Crippen LogP contribution in [0.25, 0.3) is 0 Å². The average Bonchev–Trinajstić information content (AvgIpc) is 3.06. The zero-order valence-corrected chi connectivity index (χ0v) is 17.3. The molecule has 29 heavy (non-hydrogen) atoms. The number of carboxylic acids is 1. The van der Waals surface area contributed by atoms with Crippen molar-refractivity contribution in [1.29, 1.82) is 0 Å². The molecule has 152 valence electrons. The van der Waals surface area contributed by atoms with Crippen LogP contribution in [0, 0.1) is 27.7 Å². The predicted molar refractivity (Wildman–Crippen MR) is 109 cm³/mol.